The van der Waals surface area contributed by atoms with Gasteiger partial charge in [0.15, 0.2) is 0 Å². The quantitative estimate of drug-likeness (QED) is 0.909. The van der Waals surface area contributed by atoms with Crippen LogP contribution in [0.2, 0.25) is 0 Å². The molecule has 1 amide bonds. The first-order chi connectivity index (χ1) is 9.80. The molecule has 0 spiro atoms. The minimum atomic E-state index is -0.964. The summed E-state index contributed by atoms with van der Waals surface area (Å²) in [7, 11) is 0. The van der Waals surface area contributed by atoms with E-state index in [1.165, 1.54) is 11.3 Å². The van der Waals surface area contributed by atoms with E-state index in [1.807, 2.05) is 6.92 Å². The van der Waals surface area contributed by atoms with Crippen LogP contribution in [0.3, 0.4) is 0 Å². The lowest BCUT2D eigenvalue weighted by Gasteiger charge is -2.19. The molecule has 0 unspecified atom stereocenters. The molecule has 0 radical (unpaired) electrons. The highest BCUT2D eigenvalue weighted by Crippen LogP contribution is 2.25. The minimum Gasteiger partial charge on any atom is -0.481 e. The van der Waals surface area contributed by atoms with Crippen molar-refractivity contribution in [2.75, 3.05) is 5.32 Å². The van der Waals surface area contributed by atoms with E-state index >= 15 is 0 Å². The zero-order valence-corrected chi connectivity index (χ0v) is 12.8. The topological polar surface area (TPSA) is 79.3 Å². The van der Waals surface area contributed by atoms with Crippen LogP contribution in [0.4, 0.5) is 5.69 Å². The lowest BCUT2D eigenvalue weighted by atomic mass is 9.85. The van der Waals surface area contributed by atoms with Crippen LogP contribution < -0.4 is 5.32 Å². The maximum absolute atomic E-state index is 12.0. The number of nitrogens with zero attached hydrogens (tertiary/aromatic N) is 1. The molecule has 0 bridgehead atoms. The van der Waals surface area contributed by atoms with Crippen molar-refractivity contribution in [1.82, 2.24) is 4.98 Å². The lowest BCUT2D eigenvalue weighted by molar-refractivity contribution is -0.142. The molecular formula is C15H16N2O3S. The third-order valence-corrected chi connectivity index (χ3v) is 4.02. The Morgan fingerprint density at radius 1 is 1.24 bits per heavy atom. The summed E-state index contributed by atoms with van der Waals surface area (Å²) in [4.78, 5) is 27.3. The van der Waals surface area contributed by atoms with Crippen LogP contribution in [-0.4, -0.2) is 22.0 Å². The molecule has 0 atom stereocenters. The van der Waals surface area contributed by atoms with Gasteiger partial charge >= 0.3 is 5.97 Å². The van der Waals surface area contributed by atoms with Gasteiger partial charge in [0.1, 0.15) is 5.69 Å². The molecule has 0 saturated heterocycles. The number of anilines is 1. The summed E-state index contributed by atoms with van der Waals surface area (Å²) < 4.78 is 0. The Bertz CT molecular complexity index is 674. The maximum atomic E-state index is 12.0. The van der Waals surface area contributed by atoms with Crippen molar-refractivity contribution in [3.63, 3.8) is 0 Å². The largest absolute Gasteiger partial charge is 0.481 e. The van der Waals surface area contributed by atoms with Crippen molar-refractivity contribution < 1.29 is 14.7 Å². The molecule has 21 heavy (non-hydrogen) atoms. The Hall–Kier alpha value is -2.21. The van der Waals surface area contributed by atoms with Gasteiger partial charge in [0.2, 0.25) is 0 Å². The van der Waals surface area contributed by atoms with E-state index < -0.39 is 11.4 Å². The number of carbonyl (C=O) groups is 2. The molecule has 110 valence electrons. The summed E-state index contributed by atoms with van der Waals surface area (Å²) in [5.41, 5.74) is 0.703. The smallest absolute Gasteiger partial charge is 0.313 e. The van der Waals surface area contributed by atoms with Gasteiger partial charge in [-0.3, -0.25) is 9.59 Å². The molecule has 1 aromatic heterocycles. The molecule has 0 fully saturated rings. The Labute approximate surface area is 126 Å². The molecule has 2 aromatic rings. The van der Waals surface area contributed by atoms with Crippen molar-refractivity contribution in [2.45, 2.75) is 26.2 Å². The summed E-state index contributed by atoms with van der Waals surface area (Å²) in [6, 6.07) is 6.79. The number of benzene rings is 1. The average molecular weight is 304 g/mol. The fourth-order valence-corrected chi connectivity index (χ4v) is 2.35. The van der Waals surface area contributed by atoms with E-state index in [4.69, 9.17) is 0 Å². The van der Waals surface area contributed by atoms with E-state index in [2.05, 4.69) is 10.3 Å². The van der Waals surface area contributed by atoms with E-state index in [-0.39, 0.29) is 5.91 Å². The summed E-state index contributed by atoms with van der Waals surface area (Å²) in [6.45, 7) is 5.12. The standard InChI is InChI=1S/C15H16N2O3S/c1-9-16-12(8-21-9)13(18)17-11-6-4-10(5-7-11)15(2,3)14(19)20/h4-8H,1-3H3,(H,17,18)(H,19,20). The van der Waals surface area contributed by atoms with E-state index in [9.17, 15) is 14.7 Å². The van der Waals surface area contributed by atoms with Crippen LogP contribution in [0.1, 0.15) is 34.9 Å². The first-order valence-electron chi connectivity index (χ1n) is 6.38. The number of aliphatic carboxylic acids is 1. The van der Waals surface area contributed by atoms with Gasteiger partial charge in [-0.15, -0.1) is 11.3 Å². The van der Waals surface area contributed by atoms with Gasteiger partial charge in [-0.25, -0.2) is 4.98 Å². The van der Waals surface area contributed by atoms with Gasteiger partial charge in [-0.1, -0.05) is 12.1 Å². The second-order valence-electron chi connectivity index (χ2n) is 5.21. The van der Waals surface area contributed by atoms with Crippen LogP contribution in [0.5, 0.6) is 0 Å². The number of thiazole rings is 1. The number of carboxylic acid groups (broad SMARTS) is 1. The van der Waals surface area contributed by atoms with Crippen molar-refractivity contribution in [3.8, 4) is 0 Å². The van der Waals surface area contributed by atoms with Gasteiger partial charge in [0.05, 0.1) is 10.4 Å². The summed E-state index contributed by atoms with van der Waals surface area (Å²) in [5.74, 6) is -1.16. The fourth-order valence-electron chi connectivity index (χ4n) is 1.76. The number of amides is 1. The molecule has 2 N–H and O–H groups in total. The number of carboxylic acids is 1. The van der Waals surface area contributed by atoms with Crippen molar-refractivity contribution in [3.05, 3.63) is 45.9 Å². The summed E-state index contributed by atoms with van der Waals surface area (Å²) >= 11 is 1.42. The number of aryl methyl sites for hydroxylation is 1. The molecule has 2 rings (SSSR count). The Morgan fingerprint density at radius 2 is 1.86 bits per heavy atom. The van der Waals surface area contributed by atoms with Crippen LogP contribution in [-0.2, 0) is 10.2 Å². The van der Waals surface area contributed by atoms with E-state index in [1.54, 1.807) is 43.5 Å². The SMILES string of the molecule is Cc1nc(C(=O)Nc2ccc(C(C)(C)C(=O)O)cc2)cs1. The normalized spacial score (nSPS) is 11.2. The van der Waals surface area contributed by atoms with Crippen molar-refractivity contribution in [1.29, 1.82) is 0 Å². The van der Waals surface area contributed by atoms with Crippen molar-refractivity contribution >= 4 is 28.9 Å². The minimum absolute atomic E-state index is 0.274. The fraction of sp³-hybridized carbons (Fsp3) is 0.267. The van der Waals surface area contributed by atoms with Gasteiger partial charge in [0.25, 0.3) is 5.91 Å². The molecule has 0 aliphatic rings. The van der Waals surface area contributed by atoms with Gasteiger partial charge in [-0.05, 0) is 38.5 Å². The Balaban J connectivity index is 2.13. The Morgan fingerprint density at radius 3 is 2.33 bits per heavy atom. The maximum Gasteiger partial charge on any atom is 0.313 e. The lowest BCUT2D eigenvalue weighted by Crippen LogP contribution is -2.28. The molecule has 5 nitrogen and oxygen atoms in total. The number of aromatic nitrogens is 1. The predicted octanol–water partition coefficient (Wildman–Crippen LogP) is 3.07. The van der Waals surface area contributed by atoms with Crippen molar-refractivity contribution in [2.24, 2.45) is 0 Å². The second-order valence-corrected chi connectivity index (χ2v) is 6.28. The monoisotopic (exact) mass is 304 g/mol. The highest BCUT2D eigenvalue weighted by atomic mass is 32.1. The number of rotatable bonds is 4. The van der Waals surface area contributed by atoms with E-state index in [0.29, 0.717) is 16.9 Å². The Kier molecular flexibility index (Phi) is 4.09. The van der Waals surface area contributed by atoms with Crippen LogP contribution in [0, 0.1) is 6.92 Å². The van der Waals surface area contributed by atoms with Gasteiger partial charge < -0.3 is 10.4 Å². The molecular weight excluding hydrogens is 288 g/mol. The molecule has 0 saturated carbocycles. The number of carbonyl (C=O) groups excluding carboxylic acids is 1. The molecule has 6 heteroatoms. The first-order valence-corrected chi connectivity index (χ1v) is 7.26. The summed E-state index contributed by atoms with van der Waals surface area (Å²) in [6.07, 6.45) is 0. The molecule has 0 aliphatic carbocycles. The first kappa shape index (κ1) is 15.2. The average Bonchev–Trinajstić information content (AvgIpc) is 2.86. The molecule has 1 aromatic carbocycles. The third kappa shape index (κ3) is 3.28. The summed E-state index contributed by atoms with van der Waals surface area (Å²) in [5, 5.41) is 14.5. The van der Waals surface area contributed by atoms with Crippen LogP contribution in [0.15, 0.2) is 29.6 Å². The number of hydrogen-bond donors (Lipinski definition) is 2. The predicted molar refractivity (Wildman–Crippen MR) is 81.9 cm³/mol. The highest BCUT2D eigenvalue weighted by Gasteiger charge is 2.29. The molecule has 0 aliphatic heterocycles. The van der Waals surface area contributed by atoms with Gasteiger partial charge in [-0.2, -0.15) is 0 Å². The third-order valence-electron chi connectivity index (χ3n) is 3.25. The van der Waals surface area contributed by atoms with E-state index in [0.717, 1.165) is 5.01 Å². The van der Waals surface area contributed by atoms with Crippen LogP contribution in [0.25, 0.3) is 0 Å². The number of hydrogen-bond acceptors (Lipinski definition) is 4. The van der Waals surface area contributed by atoms with Gasteiger partial charge in [0, 0.05) is 11.1 Å². The van der Waals surface area contributed by atoms with Crippen LogP contribution >= 0.6 is 11.3 Å². The number of nitrogens with one attached hydrogen (secondary N) is 1. The molecule has 1 heterocycles. The zero-order valence-electron chi connectivity index (χ0n) is 12.0. The zero-order chi connectivity index (χ0) is 15.6. The second kappa shape index (κ2) is 5.65. The highest BCUT2D eigenvalue weighted by molar-refractivity contribution is 7.09.